The van der Waals surface area contributed by atoms with Gasteiger partial charge in [0.15, 0.2) is 8.24 Å². The molecule has 1 aliphatic carbocycles. The average molecular weight is 548 g/mol. The van der Waals surface area contributed by atoms with Gasteiger partial charge >= 0.3 is 0 Å². The minimum Gasteiger partial charge on any atom is -0.265 e. The molecule has 0 bridgehead atoms. The first kappa shape index (κ1) is 27.4. The van der Waals surface area contributed by atoms with Gasteiger partial charge < -0.3 is 0 Å². The van der Waals surface area contributed by atoms with E-state index in [9.17, 15) is 12.6 Å². The number of nitrogens with zero attached hydrogens (tertiary/aromatic N) is 3. The Morgan fingerprint density at radius 2 is 1.44 bits per heavy atom. The molecule has 1 heterocycles. The smallest absolute Gasteiger partial charge is 0.264 e. The van der Waals surface area contributed by atoms with Crippen LogP contribution in [-0.4, -0.2) is 45.8 Å². The predicted molar refractivity (Wildman–Crippen MR) is 152 cm³/mol. The van der Waals surface area contributed by atoms with Crippen molar-refractivity contribution in [1.29, 1.82) is 0 Å². The largest absolute Gasteiger partial charge is 0.265 e. The van der Waals surface area contributed by atoms with Crippen molar-refractivity contribution in [2.75, 3.05) is 24.9 Å². The summed E-state index contributed by atoms with van der Waals surface area (Å²) in [6, 6.07) is 14.5. The molecule has 36 heavy (non-hydrogen) atoms. The van der Waals surface area contributed by atoms with Crippen molar-refractivity contribution >= 4 is 33.9 Å². The molecule has 198 valence electrons. The molecule has 1 unspecified atom stereocenters. The van der Waals surface area contributed by atoms with Gasteiger partial charge in [0, 0.05) is 26.1 Å². The lowest BCUT2D eigenvalue weighted by Gasteiger charge is -2.34. The Labute approximate surface area is 219 Å². The molecule has 0 radical (unpaired) electrons. The molecule has 1 aliphatic heterocycles. The van der Waals surface area contributed by atoms with E-state index in [1.54, 1.807) is 47.0 Å². The van der Waals surface area contributed by atoms with Gasteiger partial charge in [-0.3, -0.25) is 8.33 Å². The number of para-hydroxylation sites is 1. The molecule has 2 aromatic carbocycles. The van der Waals surface area contributed by atoms with Crippen LogP contribution in [0.5, 0.6) is 0 Å². The number of hydrogen-bond acceptors (Lipinski definition) is 4. The molecule has 1 spiro atoms. The normalized spacial score (nSPS) is 19.8. The van der Waals surface area contributed by atoms with E-state index in [-0.39, 0.29) is 15.3 Å². The molecule has 1 saturated carbocycles. The highest BCUT2D eigenvalue weighted by atomic mass is 32.2. The second-order valence-electron chi connectivity index (χ2n) is 12.1. The molecule has 2 aromatic rings. The highest BCUT2D eigenvalue weighted by Crippen LogP contribution is 2.50. The minimum absolute atomic E-state index is 0.0623. The maximum atomic E-state index is 14.2. The van der Waals surface area contributed by atoms with Gasteiger partial charge in [-0.15, -0.1) is 0 Å². The Balaban J connectivity index is 1.74. The fraction of sp³-hybridized carbons (Fsp3) is 0.556. The van der Waals surface area contributed by atoms with E-state index < -0.39 is 28.2 Å². The zero-order valence-electron chi connectivity index (χ0n) is 22.7. The highest BCUT2D eigenvalue weighted by Gasteiger charge is 2.47. The second-order valence-corrected chi connectivity index (χ2v) is 21.5. The van der Waals surface area contributed by atoms with Crippen LogP contribution in [0.3, 0.4) is 0 Å². The maximum absolute atomic E-state index is 14.2. The minimum atomic E-state index is -3.76. The van der Waals surface area contributed by atoms with Crippen molar-refractivity contribution in [3.05, 3.63) is 54.1 Å². The zero-order valence-corrected chi connectivity index (χ0v) is 25.4. The Morgan fingerprint density at radius 1 is 0.889 bits per heavy atom. The summed E-state index contributed by atoms with van der Waals surface area (Å²) in [4.78, 5) is 0.767. The van der Waals surface area contributed by atoms with Crippen molar-refractivity contribution in [2.24, 2.45) is 4.03 Å². The summed E-state index contributed by atoms with van der Waals surface area (Å²) in [5, 5.41) is -0.0623. The van der Waals surface area contributed by atoms with E-state index in [0.29, 0.717) is 11.4 Å². The maximum Gasteiger partial charge on any atom is 0.264 e. The highest BCUT2D eigenvalue weighted by molar-refractivity contribution is 7.93. The first-order chi connectivity index (χ1) is 16.6. The molecule has 0 aromatic heterocycles. The Morgan fingerprint density at radius 3 is 2.00 bits per heavy atom. The molecule has 0 N–H and O–H groups in total. The molecular formula is C27H41N3O3S2Si. The van der Waals surface area contributed by atoms with Crippen LogP contribution >= 0.6 is 0 Å². The molecule has 1 fully saturated rings. The van der Waals surface area contributed by atoms with E-state index in [1.165, 1.54) is 6.42 Å². The lowest BCUT2D eigenvalue weighted by Crippen LogP contribution is -2.39. The number of fused-ring (bicyclic) bond motifs is 2. The topological polar surface area (TPSA) is 70.0 Å². The summed E-state index contributed by atoms with van der Waals surface area (Å²) in [6.45, 7) is 11.2. The van der Waals surface area contributed by atoms with E-state index in [0.717, 1.165) is 36.9 Å². The Kier molecular flexibility index (Phi) is 7.03. The third-order valence-electron chi connectivity index (χ3n) is 8.40. The lowest BCUT2D eigenvalue weighted by atomic mass is 9.71. The van der Waals surface area contributed by atoms with Crippen LogP contribution in [0, 0.1) is 0 Å². The third-order valence-corrected chi connectivity index (χ3v) is 18.5. The summed E-state index contributed by atoms with van der Waals surface area (Å²) in [7, 11) is -5.32. The van der Waals surface area contributed by atoms with Crippen LogP contribution in [0.1, 0.15) is 58.4 Å². The van der Waals surface area contributed by atoms with Gasteiger partial charge in [-0.05, 0) is 66.9 Å². The van der Waals surface area contributed by atoms with Crippen molar-refractivity contribution in [3.63, 3.8) is 0 Å². The molecule has 6 nitrogen and oxygen atoms in total. The SMILES string of the molecule is CN(C)S(=O)(=N[Si](C)(C)C(C)(C)C)c1ccc(S(=O)(=O)N2CC3(CCCCC3)c3ccccc32)cc1. The fourth-order valence-corrected chi connectivity index (χ4v) is 12.3. The number of benzene rings is 2. The fourth-order valence-electron chi connectivity index (χ4n) is 5.16. The van der Waals surface area contributed by atoms with E-state index >= 15 is 0 Å². The number of sulfonamides is 1. The van der Waals surface area contributed by atoms with Crippen LogP contribution in [0.2, 0.25) is 18.1 Å². The van der Waals surface area contributed by atoms with E-state index in [4.69, 9.17) is 4.03 Å². The van der Waals surface area contributed by atoms with Crippen molar-refractivity contribution in [2.45, 2.75) is 86.2 Å². The van der Waals surface area contributed by atoms with Crippen LogP contribution in [0.4, 0.5) is 5.69 Å². The molecule has 4 rings (SSSR count). The van der Waals surface area contributed by atoms with E-state index in [2.05, 4.69) is 39.9 Å². The van der Waals surface area contributed by atoms with E-state index in [1.807, 2.05) is 18.2 Å². The van der Waals surface area contributed by atoms with Crippen LogP contribution in [0.15, 0.2) is 62.4 Å². The molecular weight excluding hydrogens is 507 g/mol. The molecule has 9 heteroatoms. The van der Waals surface area contributed by atoms with Gasteiger partial charge in [0.25, 0.3) is 10.0 Å². The van der Waals surface area contributed by atoms with Gasteiger partial charge in [0.2, 0.25) is 0 Å². The van der Waals surface area contributed by atoms with Gasteiger partial charge in [0.1, 0.15) is 9.92 Å². The van der Waals surface area contributed by atoms with Gasteiger partial charge in [-0.1, -0.05) is 58.2 Å². The molecule has 1 atom stereocenters. The predicted octanol–water partition coefficient (Wildman–Crippen LogP) is 6.41. The summed E-state index contributed by atoms with van der Waals surface area (Å²) in [5.41, 5.74) is 1.87. The Bertz CT molecular complexity index is 1350. The summed E-state index contributed by atoms with van der Waals surface area (Å²) in [6.07, 6.45) is 5.52. The molecule has 0 amide bonds. The first-order valence-electron chi connectivity index (χ1n) is 12.8. The van der Waals surface area contributed by atoms with Crippen molar-refractivity contribution < 1.29 is 12.6 Å². The number of anilines is 1. The van der Waals surface area contributed by atoms with Gasteiger partial charge in [0.05, 0.1) is 15.5 Å². The quantitative estimate of drug-likeness (QED) is 0.406. The first-order valence-corrected chi connectivity index (χ1v) is 18.7. The zero-order chi connectivity index (χ0) is 26.6. The standard InChI is InChI=1S/C27H41N3O3S2Si/c1-26(2,3)36(6,7)28-34(31,29(4)5)22-15-17-23(18-16-22)35(32,33)30-21-27(19-11-8-12-20-27)24-13-9-10-14-25(24)30/h9-10,13-18H,8,11-12,19-21H2,1-7H3. The second kappa shape index (κ2) is 9.25. The summed E-state index contributed by atoms with van der Waals surface area (Å²) in [5.74, 6) is 0. The van der Waals surface area contributed by atoms with Crippen LogP contribution in [0.25, 0.3) is 0 Å². The lowest BCUT2D eigenvalue weighted by molar-refractivity contribution is 0.315. The van der Waals surface area contributed by atoms with Crippen LogP contribution in [-0.2, 0) is 25.4 Å². The number of rotatable bonds is 5. The van der Waals surface area contributed by atoms with Gasteiger partial charge in [-0.2, -0.15) is 0 Å². The van der Waals surface area contributed by atoms with Crippen LogP contribution < -0.4 is 4.31 Å². The summed E-state index contributed by atoms with van der Waals surface area (Å²) < 4.78 is 50.2. The van der Waals surface area contributed by atoms with Crippen molar-refractivity contribution in [3.8, 4) is 0 Å². The Hall–Kier alpha value is -1.68. The average Bonchev–Trinajstić information content (AvgIpc) is 3.13. The molecule has 0 saturated heterocycles. The molecule has 2 aliphatic rings. The van der Waals surface area contributed by atoms with Crippen molar-refractivity contribution in [1.82, 2.24) is 4.31 Å². The van der Waals surface area contributed by atoms with Gasteiger partial charge in [-0.25, -0.2) is 16.9 Å². The summed E-state index contributed by atoms with van der Waals surface area (Å²) >= 11 is 0. The third kappa shape index (κ3) is 4.57. The number of hydrogen-bond donors (Lipinski definition) is 0. The monoisotopic (exact) mass is 547 g/mol.